The van der Waals surface area contributed by atoms with Crippen LogP contribution < -0.4 is 5.73 Å². The van der Waals surface area contributed by atoms with Crippen LogP contribution in [-0.4, -0.2) is 35.3 Å². The lowest BCUT2D eigenvalue weighted by atomic mass is 10.0. The standard InChI is InChI=1S/C14H23ClN4/c1-18(2)6-7-19-14(11(15)8-17-19)13(16)12-9-4-3-5-10(9)12/h8-10,12-13H,3-7,16H2,1-2H3. The maximum Gasteiger partial charge on any atom is 0.0834 e. The van der Waals surface area contributed by atoms with Gasteiger partial charge in [-0.05, 0) is 44.7 Å². The zero-order valence-corrected chi connectivity index (χ0v) is 12.5. The van der Waals surface area contributed by atoms with Gasteiger partial charge in [-0.25, -0.2) is 0 Å². The zero-order valence-electron chi connectivity index (χ0n) is 11.7. The molecule has 1 aromatic heterocycles. The molecule has 0 aromatic carbocycles. The van der Waals surface area contributed by atoms with Crippen molar-refractivity contribution in [1.29, 1.82) is 0 Å². The Morgan fingerprint density at radius 2 is 2.16 bits per heavy atom. The minimum Gasteiger partial charge on any atom is -0.322 e. The van der Waals surface area contributed by atoms with E-state index in [-0.39, 0.29) is 6.04 Å². The summed E-state index contributed by atoms with van der Waals surface area (Å²) in [5.41, 5.74) is 7.53. The van der Waals surface area contributed by atoms with E-state index in [1.54, 1.807) is 6.20 Å². The SMILES string of the molecule is CN(C)CCn1ncc(Cl)c1C(N)C1C2CCCC21. The smallest absolute Gasteiger partial charge is 0.0834 e. The quantitative estimate of drug-likeness (QED) is 0.900. The largest absolute Gasteiger partial charge is 0.322 e. The fraction of sp³-hybridized carbons (Fsp3) is 0.786. The highest BCUT2D eigenvalue weighted by Crippen LogP contribution is 2.61. The topological polar surface area (TPSA) is 47.1 Å². The van der Waals surface area contributed by atoms with Crippen molar-refractivity contribution in [2.75, 3.05) is 20.6 Å². The molecule has 106 valence electrons. The van der Waals surface area contributed by atoms with Gasteiger partial charge in [0.25, 0.3) is 0 Å². The molecule has 1 aromatic rings. The van der Waals surface area contributed by atoms with Crippen LogP contribution in [0, 0.1) is 17.8 Å². The summed E-state index contributed by atoms with van der Waals surface area (Å²) in [6, 6.07) is 0.0625. The van der Waals surface area contributed by atoms with Gasteiger partial charge in [-0.3, -0.25) is 4.68 Å². The van der Waals surface area contributed by atoms with Crippen LogP contribution in [-0.2, 0) is 6.54 Å². The average molecular weight is 283 g/mol. The van der Waals surface area contributed by atoms with Crippen LogP contribution in [0.2, 0.25) is 5.02 Å². The predicted molar refractivity (Wildman–Crippen MR) is 77.0 cm³/mol. The molecule has 0 amide bonds. The van der Waals surface area contributed by atoms with Crippen LogP contribution in [0.15, 0.2) is 6.20 Å². The summed E-state index contributed by atoms with van der Waals surface area (Å²) in [5.74, 6) is 2.34. The molecule has 0 aliphatic heterocycles. The van der Waals surface area contributed by atoms with Crippen LogP contribution in [0.5, 0.6) is 0 Å². The van der Waals surface area contributed by atoms with Crippen molar-refractivity contribution in [3.8, 4) is 0 Å². The first-order chi connectivity index (χ1) is 9.09. The Morgan fingerprint density at radius 3 is 2.79 bits per heavy atom. The summed E-state index contributed by atoms with van der Waals surface area (Å²) in [6.45, 7) is 1.81. The molecule has 2 saturated carbocycles. The van der Waals surface area contributed by atoms with Crippen LogP contribution in [0.25, 0.3) is 0 Å². The fourth-order valence-corrected chi connectivity index (χ4v) is 4.04. The highest BCUT2D eigenvalue weighted by Gasteiger charge is 2.56. The number of rotatable bonds is 5. The predicted octanol–water partition coefficient (Wildman–Crippen LogP) is 2.14. The van der Waals surface area contributed by atoms with Crippen molar-refractivity contribution < 1.29 is 0 Å². The second kappa shape index (κ2) is 5.08. The Labute approximate surface area is 119 Å². The van der Waals surface area contributed by atoms with Gasteiger partial charge in [0.1, 0.15) is 0 Å². The summed E-state index contributed by atoms with van der Waals surface area (Å²) >= 11 is 6.31. The van der Waals surface area contributed by atoms with Gasteiger partial charge in [-0.15, -0.1) is 0 Å². The van der Waals surface area contributed by atoms with Crippen molar-refractivity contribution in [2.24, 2.45) is 23.5 Å². The first kappa shape index (κ1) is 13.4. The van der Waals surface area contributed by atoms with E-state index in [1.165, 1.54) is 19.3 Å². The molecular weight excluding hydrogens is 260 g/mol. The highest BCUT2D eigenvalue weighted by atomic mass is 35.5. The number of halogens is 1. The molecule has 2 aliphatic carbocycles. The van der Waals surface area contributed by atoms with Gasteiger partial charge < -0.3 is 10.6 Å². The van der Waals surface area contributed by atoms with Gasteiger partial charge in [0.15, 0.2) is 0 Å². The van der Waals surface area contributed by atoms with Crippen LogP contribution in [0.4, 0.5) is 0 Å². The molecule has 2 N–H and O–H groups in total. The van der Waals surface area contributed by atoms with Gasteiger partial charge in [-0.2, -0.15) is 5.10 Å². The molecule has 2 aliphatic rings. The molecule has 19 heavy (non-hydrogen) atoms. The van der Waals surface area contributed by atoms with Crippen LogP contribution >= 0.6 is 11.6 Å². The number of aromatic nitrogens is 2. The normalized spacial score (nSPS) is 30.7. The van der Waals surface area contributed by atoms with Crippen molar-refractivity contribution in [1.82, 2.24) is 14.7 Å². The molecule has 3 rings (SSSR count). The summed E-state index contributed by atoms with van der Waals surface area (Å²) in [7, 11) is 4.13. The third-order valence-electron chi connectivity index (χ3n) is 4.80. The summed E-state index contributed by atoms with van der Waals surface area (Å²) in [6.07, 6.45) is 5.83. The van der Waals surface area contributed by atoms with Crippen molar-refractivity contribution in [2.45, 2.75) is 31.8 Å². The van der Waals surface area contributed by atoms with E-state index >= 15 is 0 Å². The molecule has 1 heterocycles. The average Bonchev–Trinajstić information content (AvgIpc) is 2.73. The maximum absolute atomic E-state index is 6.48. The Balaban J connectivity index is 1.74. The van der Waals surface area contributed by atoms with E-state index in [0.29, 0.717) is 5.92 Å². The minimum absolute atomic E-state index is 0.0625. The van der Waals surface area contributed by atoms with Gasteiger partial charge in [0.2, 0.25) is 0 Å². The van der Waals surface area contributed by atoms with E-state index < -0.39 is 0 Å². The molecule has 4 nitrogen and oxygen atoms in total. The van der Waals surface area contributed by atoms with Gasteiger partial charge in [0.05, 0.1) is 29.5 Å². The van der Waals surface area contributed by atoms with E-state index in [0.717, 1.165) is 35.6 Å². The molecule has 0 saturated heterocycles. The lowest BCUT2D eigenvalue weighted by Crippen LogP contribution is -2.24. The van der Waals surface area contributed by atoms with Crippen LogP contribution in [0.3, 0.4) is 0 Å². The number of nitrogens with two attached hydrogens (primary N) is 1. The molecule has 2 fully saturated rings. The first-order valence-electron chi connectivity index (χ1n) is 7.21. The van der Waals surface area contributed by atoms with E-state index in [1.807, 2.05) is 4.68 Å². The molecule has 5 heteroatoms. The molecule has 0 bridgehead atoms. The minimum atomic E-state index is 0.0625. The zero-order chi connectivity index (χ0) is 13.6. The molecule has 3 unspecified atom stereocenters. The number of fused-ring (bicyclic) bond motifs is 1. The van der Waals surface area contributed by atoms with Crippen molar-refractivity contribution in [3.63, 3.8) is 0 Å². The lowest BCUT2D eigenvalue weighted by molar-refractivity contribution is 0.361. The van der Waals surface area contributed by atoms with Gasteiger partial charge in [0, 0.05) is 6.54 Å². The van der Waals surface area contributed by atoms with Crippen molar-refractivity contribution >= 4 is 11.6 Å². The van der Waals surface area contributed by atoms with E-state index in [9.17, 15) is 0 Å². The fourth-order valence-electron chi connectivity index (χ4n) is 3.77. The highest BCUT2D eigenvalue weighted by molar-refractivity contribution is 6.31. The van der Waals surface area contributed by atoms with Crippen LogP contribution in [0.1, 0.15) is 31.0 Å². The third kappa shape index (κ3) is 2.41. The maximum atomic E-state index is 6.48. The first-order valence-corrected chi connectivity index (χ1v) is 7.59. The van der Waals surface area contributed by atoms with Gasteiger partial charge in [-0.1, -0.05) is 18.0 Å². The summed E-state index contributed by atoms with van der Waals surface area (Å²) in [4.78, 5) is 2.15. The Morgan fingerprint density at radius 1 is 1.47 bits per heavy atom. The van der Waals surface area contributed by atoms with E-state index in [4.69, 9.17) is 17.3 Å². The summed E-state index contributed by atoms with van der Waals surface area (Å²) < 4.78 is 2.00. The lowest BCUT2D eigenvalue weighted by Gasteiger charge is -2.18. The molecule has 0 radical (unpaired) electrons. The monoisotopic (exact) mass is 282 g/mol. The Hall–Kier alpha value is -0.580. The second-order valence-corrected chi connectivity index (χ2v) is 6.67. The third-order valence-corrected chi connectivity index (χ3v) is 5.09. The van der Waals surface area contributed by atoms with E-state index in [2.05, 4.69) is 24.1 Å². The molecular formula is C14H23ClN4. The Kier molecular flexibility index (Phi) is 3.58. The molecule has 3 atom stereocenters. The number of likely N-dealkylation sites (N-methyl/N-ethyl adjacent to an activating group) is 1. The number of nitrogens with zero attached hydrogens (tertiary/aromatic N) is 3. The number of hydrogen-bond acceptors (Lipinski definition) is 3. The Bertz CT molecular complexity index is 446. The summed E-state index contributed by atoms with van der Waals surface area (Å²) in [5, 5.41) is 5.12. The van der Waals surface area contributed by atoms with Gasteiger partial charge >= 0.3 is 0 Å². The number of hydrogen-bond donors (Lipinski definition) is 1. The van der Waals surface area contributed by atoms with Crippen molar-refractivity contribution in [3.05, 3.63) is 16.9 Å². The second-order valence-electron chi connectivity index (χ2n) is 6.27. The molecule has 0 spiro atoms.